The molecule has 0 aromatic heterocycles. The zero-order chi connectivity index (χ0) is 13.2. The van der Waals surface area contributed by atoms with Crippen molar-refractivity contribution in [1.29, 1.82) is 0 Å². The Hall–Kier alpha value is -1.71. The lowest BCUT2D eigenvalue weighted by molar-refractivity contribution is 0.0602. The van der Waals surface area contributed by atoms with Crippen LogP contribution in [0.1, 0.15) is 36.5 Å². The Kier molecular flexibility index (Phi) is 3.45. The molecule has 0 amide bonds. The largest absolute Gasteiger partial charge is 0.465 e. The summed E-state index contributed by atoms with van der Waals surface area (Å²) in [6, 6.07) is 5.39. The summed E-state index contributed by atoms with van der Waals surface area (Å²) in [5.41, 5.74) is 8.13. The molecule has 0 unspecified atom stereocenters. The highest BCUT2D eigenvalue weighted by atomic mass is 16.5. The van der Waals surface area contributed by atoms with E-state index in [-0.39, 0.29) is 0 Å². The Labute approximate surface area is 108 Å². The number of methoxy groups -OCH3 is 1. The van der Waals surface area contributed by atoms with E-state index in [4.69, 9.17) is 10.5 Å². The predicted molar refractivity (Wildman–Crippen MR) is 72.6 cm³/mol. The number of nitrogens with two attached hydrogens (primary N) is 1. The van der Waals surface area contributed by atoms with E-state index in [1.54, 1.807) is 6.07 Å². The van der Waals surface area contributed by atoms with Crippen molar-refractivity contribution in [3.8, 4) is 0 Å². The predicted octanol–water partition coefficient (Wildman–Crippen LogP) is 2.66. The number of rotatable bonds is 5. The summed E-state index contributed by atoms with van der Waals surface area (Å²) in [5, 5.41) is 3.35. The first-order valence-corrected chi connectivity index (χ1v) is 6.32. The third-order valence-corrected chi connectivity index (χ3v) is 3.87. The molecule has 1 aromatic rings. The number of para-hydroxylation sites is 1. The molecule has 0 spiro atoms. The molecule has 0 bridgehead atoms. The molecule has 4 heteroatoms. The van der Waals surface area contributed by atoms with Crippen LogP contribution in [0.2, 0.25) is 0 Å². The molecule has 0 saturated heterocycles. The number of ether oxygens (including phenoxy) is 1. The Morgan fingerprint density at radius 3 is 2.78 bits per heavy atom. The molecule has 1 aliphatic rings. The molecule has 0 aliphatic heterocycles. The molecule has 0 atom stereocenters. The molecule has 0 radical (unpaired) electrons. The number of carbonyl (C=O) groups is 1. The van der Waals surface area contributed by atoms with Crippen LogP contribution >= 0.6 is 0 Å². The highest BCUT2D eigenvalue weighted by molar-refractivity contribution is 5.98. The van der Waals surface area contributed by atoms with E-state index < -0.39 is 5.97 Å². The summed E-state index contributed by atoms with van der Waals surface area (Å²) in [4.78, 5) is 11.5. The minimum Gasteiger partial charge on any atom is -0.465 e. The van der Waals surface area contributed by atoms with Crippen molar-refractivity contribution in [2.24, 2.45) is 5.41 Å². The minimum atomic E-state index is -0.396. The van der Waals surface area contributed by atoms with E-state index in [9.17, 15) is 4.79 Å². The van der Waals surface area contributed by atoms with Crippen LogP contribution in [0.5, 0.6) is 0 Å². The molecule has 3 N–H and O–H groups in total. The van der Waals surface area contributed by atoms with Crippen LogP contribution in [0.4, 0.5) is 11.4 Å². The summed E-state index contributed by atoms with van der Waals surface area (Å²) < 4.78 is 4.70. The van der Waals surface area contributed by atoms with Gasteiger partial charge >= 0.3 is 5.97 Å². The first-order valence-electron chi connectivity index (χ1n) is 6.32. The van der Waals surface area contributed by atoms with Crippen molar-refractivity contribution in [2.45, 2.75) is 26.2 Å². The smallest absolute Gasteiger partial charge is 0.340 e. The van der Waals surface area contributed by atoms with Gasteiger partial charge in [-0.05, 0) is 36.8 Å². The van der Waals surface area contributed by atoms with Crippen LogP contribution in [0.3, 0.4) is 0 Å². The molecular formula is C14H20N2O2. The second-order valence-corrected chi connectivity index (χ2v) is 4.97. The summed E-state index contributed by atoms with van der Waals surface area (Å²) in [7, 11) is 1.36. The number of carbonyl (C=O) groups excluding carboxylic acids is 1. The van der Waals surface area contributed by atoms with Crippen molar-refractivity contribution >= 4 is 17.3 Å². The molecule has 0 heterocycles. The molecule has 1 fully saturated rings. The number of anilines is 2. The van der Waals surface area contributed by atoms with Gasteiger partial charge in [-0.15, -0.1) is 0 Å². The quantitative estimate of drug-likeness (QED) is 0.621. The van der Waals surface area contributed by atoms with Gasteiger partial charge in [0.25, 0.3) is 0 Å². The highest BCUT2D eigenvalue weighted by Gasteiger charge is 2.40. The van der Waals surface area contributed by atoms with Gasteiger partial charge in [0.1, 0.15) is 0 Å². The van der Waals surface area contributed by atoms with Gasteiger partial charge < -0.3 is 15.8 Å². The van der Waals surface area contributed by atoms with Gasteiger partial charge in [-0.2, -0.15) is 0 Å². The van der Waals surface area contributed by atoms with Gasteiger partial charge in [-0.3, -0.25) is 0 Å². The molecule has 4 nitrogen and oxygen atoms in total. The Morgan fingerprint density at radius 2 is 2.22 bits per heavy atom. The molecule has 1 aliphatic carbocycles. The van der Waals surface area contributed by atoms with Gasteiger partial charge in [-0.25, -0.2) is 4.79 Å². The monoisotopic (exact) mass is 248 g/mol. The molecule has 2 rings (SSSR count). The van der Waals surface area contributed by atoms with Crippen LogP contribution in [-0.4, -0.2) is 19.6 Å². The normalized spacial score (nSPS) is 16.1. The lowest BCUT2D eigenvalue weighted by Crippen LogP contribution is -2.16. The third kappa shape index (κ3) is 2.42. The zero-order valence-corrected chi connectivity index (χ0v) is 11.0. The lowest BCUT2D eigenvalue weighted by Gasteiger charge is -2.16. The number of benzene rings is 1. The first kappa shape index (κ1) is 12.7. The summed E-state index contributed by atoms with van der Waals surface area (Å²) in [6.45, 7) is 3.13. The van der Waals surface area contributed by atoms with Crippen LogP contribution in [0, 0.1) is 5.41 Å². The van der Waals surface area contributed by atoms with E-state index in [1.165, 1.54) is 26.4 Å². The van der Waals surface area contributed by atoms with Crippen molar-refractivity contribution in [2.75, 3.05) is 24.7 Å². The Balaban J connectivity index is 2.11. The SMILES string of the molecule is CCC1(CNc2cccc(C(=O)OC)c2N)CC1. The van der Waals surface area contributed by atoms with Gasteiger partial charge in [0.15, 0.2) is 0 Å². The van der Waals surface area contributed by atoms with E-state index >= 15 is 0 Å². The average Bonchev–Trinajstić information content (AvgIpc) is 3.17. The number of hydrogen-bond acceptors (Lipinski definition) is 4. The van der Waals surface area contributed by atoms with Crippen LogP contribution < -0.4 is 11.1 Å². The van der Waals surface area contributed by atoms with Gasteiger partial charge in [-0.1, -0.05) is 13.0 Å². The van der Waals surface area contributed by atoms with Crippen LogP contribution in [-0.2, 0) is 4.74 Å². The zero-order valence-electron chi connectivity index (χ0n) is 11.0. The fourth-order valence-electron chi connectivity index (χ4n) is 2.12. The maximum Gasteiger partial charge on any atom is 0.340 e. The van der Waals surface area contributed by atoms with Gasteiger partial charge in [0.05, 0.1) is 24.0 Å². The molecule has 1 aromatic carbocycles. The first-order chi connectivity index (χ1) is 8.62. The Morgan fingerprint density at radius 1 is 1.50 bits per heavy atom. The number of nitrogens with one attached hydrogen (secondary N) is 1. The van der Waals surface area contributed by atoms with Crippen LogP contribution in [0.15, 0.2) is 18.2 Å². The van der Waals surface area contributed by atoms with Crippen molar-refractivity contribution in [3.05, 3.63) is 23.8 Å². The maximum absolute atomic E-state index is 11.5. The van der Waals surface area contributed by atoms with Crippen molar-refractivity contribution < 1.29 is 9.53 Å². The Bertz CT molecular complexity index is 453. The fraction of sp³-hybridized carbons (Fsp3) is 0.500. The number of hydrogen-bond donors (Lipinski definition) is 2. The maximum atomic E-state index is 11.5. The third-order valence-electron chi connectivity index (χ3n) is 3.87. The topological polar surface area (TPSA) is 64.3 Å². The summed E-state index contributed by atoms with van der Waals surface area (Å²) >= 11 is 0. The van der Waals surface area contributed by atoms with E-state index in [2.05, 4.69) is 12.2 Å². The van der Waals surface area contributed by atoms with Crippen molar-refractivity contribution in [1.82, 2.24) is 0 Å². The molecule has 18 heavy (non-hydrogen) atoms. The second kappa shape index (κ2) is 4.88. The summed E-state index contributed by atoms with van der Waals surface area (Å²) in [5.74, 6) is -0.396. The molecular weight excluding hydrogens is 228 g/mol. The van der Waals surface area contributed by atoms with E-state index in [0.29, 0.717) is 16.7 Å². The average molecular weight is 248 g/mol. The number of esters is 1. The molecule has 1 saturated carbocycles. The highest BCUT2D eigenvalue weighted by Crippen LogP contribution is 2.48. The van der Waals surface area contributed by atoms with Crippen molar-refractivity contribution in [3.63, 3.8) is 0 Å². The molecule has 98 valence electrons. The van der Waals surface area contributed by atoms with E-state index in [1.807, 2.05) is 12.1 Å². The van der Waals surface area contributed by atoms with E-state index in [0.717, 1.165) is 12.2 Å². The standard InChI is InChI=1S/C14H20N2O2/c1-3-14(7-8-14)9-16-11-6-4-5-10(12(11)15)13(17)18-2/h4-6,16H,3,7-9,15H2,1-2H3. The lowest BCUT2D eigenvalue weighted by atomic mass is 10.0. The number of nitrogen functional groups attached to an aromatic ring is 1. The fourth-order valence-corrected chi connectivity index (χ4v) is 2.12. The minimum absolute atomic E-state index is 0.396. The van der Waals surface area contributed by atoms with Gasteiger partial charge in [0.2, 0.25) is 0 Å². The van der Waals surface area contributed by atoms with Crippen LogP contribution in [0.25, 0.3) is 0 Å². The second-order valence-electron chi connectivity index (χ2n) is 4.97. The summed E-state index contributed by atoms with van der Waals surface area (Å²) in [6.07, 6.45) is 3.72. The van der Waals surface area contributed by atoms with Gasteiger partial charge in [0, 0.05) is 6.54 Å².